The zero-order valence-electron chi connectivity index (χ0n) is 26.4. The largest absolute Gasteiger partial charge is 0.435 e. The fourth-order valence-electron chi connectivity index (χ4n) is 5.79. The van der Waals surface area contributed by atoms with Crippen molar-refractivity contribution in [1.29, 1.82) is 0 Å². The van der Waals surface area contributed by atoms with Gasteiger partial charge in [-0.1, -0.05) is 78.9 Å². The van der Waals surface area contributed by atoms with Gasteiger partial charge in [-0.2, -0.15) is 23.4 Å². The number of halogens is 3. The maximum atomic E-state index is 13.7. The fraction of sp³-hybridized carbons (Fsp3) is 0.105. The quantitative estimate of drug-likeness (QED) is 0.173. The van der Waals surface area contributed by atoms with Gasteiger partial charge in [-0.15, -0.1) is 0 Å². The summed E-state index contributed by atoms with van der Waals surface area (Å²) in [7, 11) is 0. The first-order valence-corrected chi connectivity index (χ1v) is 15.3. The van der Waals surface area contributed by atoms with E-state index >= 15 is 0 Å². The number of aromatic nitrogens is 6. The van der Waals surface area contributed by atoms with Crippen LogP contribution in [-0.2, 0) is 6.18 Å². The summed E-state index contributed by atoms with van der Waals surface area (Å²) < 4.78 is 44.0. The highest BCUT2D eigenvalue weighted by Crippen LogP contribution is 2.40. The number of pyridine rings is 2. The Hall–Kier alpha value is -6.03. The smallest absolute Gasteiger partial charge is 0.278 e. The minimum Gasteiger partial charge on any atom is -0.278 e. The molecule has 0 saturated heterocycles. The van der Waals surface area contributed by atoms with Crippen LogP contribution in [0.25, 0.3) is 33.9 Å². The Balaban J connectivity index is 1.48. The number of benzene rings is 3. The molecule has 0 amide bonds. The average molecular weight is 642 g/mol. The van der Waals surface area contributed by atoms with E-state index in [2.05, 4.69) is 10.2 Å². The van der Waals surface area contributed by atoms with Gasteiger partial charge in [0.2, 0.25) is 0 Å². The third-order valence-corrected chi connectivity index (χ3v) is 8.05. The molecule has 0 saturated carbocycles. The topological polar surface area (TPSA) is 64.7 Å². The summed E-state index contributed by atoms with van der Waals surface area (Å²) >= 11 is 0. The maximum absolute atomic E-state index is 13.7. The van der Waals surface area contributed by atoms with Gasteiger partial charge in [0.25, 0.3) is 0 Å². The highest BCUT2D eigenvalue weighted by molar-refractivity contribution is 5.82. The molecule has 0 fully saturated rings. The summed E-state index contributed by atoms with van der Waals surface area (Å²) in [5.74, 6) is 1.87. The molecular weight excluding hydrogens is 611 g/mol. The number of nitrogens with zero attached hydrogens (tertiary/aromatic N) is 7. The molecule has 3 aromatic carbocycles. The predicted molar refractivity (Wildman–Crippen MR) is 181 cm³/mol. The van der Waals surface area contributed by atoms with E-state index in [-0.39, 0.29) is 5.82 Å². The molecule has 7 rings (SSSR count). The van der Waals surface area contributed by atoms with Crippen molar-refractivity contribution < 1.29 is 13.2 Å². The molecule has 48 heavy (non-hydrogen) atoms. The molecule has 0 radical (unpaired) electrons. The second-order valence-electron chi connectivity index (χ2n) is 11.4. The van der Waals surface area contributed by atoms with Crippen molar-refractivity contribution in [1.82, 2.24) is 29.5 Å². The number of rotatable bonds is 7. The molecule has 0 spiro atoms. The number of hydrogen-bond donors (Lipinski definition) is 0. The van der Waals surface area contributed by atoms with Crippen LogP contribution in [0.4, 0.5) is 30.5 Å². The Labute approximate surface area is 275 Å². The van der Waals surface area contributed by atoms with Crippen molar-refractivity contribution in [2.24, 2.45) is 0 Å². The molecule has 0 bridgehead atoms. The summed E-state index contributed by atoms with van der Waals surface area (Å²) in [5.41, 5.74) is 5.89. The highest BCUT2D eigenvalue weighted by Gasteiger charge is 2.34. The molecule has 238 valence electrons. The van der Waals surface area contributed by atoms with Gasteiger partial charge in [0.1, 0.15) is 11.6 Å². The number of hydrogen-bond acceptors (Lipinski definition) is 5. The van der Waals surface area contributed by atoms with Crippen LogP contribution < -0.4 is 4.90 Å². The van der Waals surface area contributed by atoms with E-state index in [4.69, 9.17) is 9.97 Å². The second-order valence-corrected chi connectivity index (χ2v) is 11.4. The Morgan fingerprint density at radius 1 is 0.542 bits per heavy atom. The minimum absolute atomic E-state index is 0.245. The van der Waals surface area contributed by atoms with Crippen LogP contribution in [0.15, 0.2) is 128 Å². The number of para-hydroxylation sites is 1. The van der Waals surface area contributed by atoms with Crippen LogP contribution in [0.3, 0.4) is 0 Å². The van der Waals surface area contributed by atoms with Gasteiger partial charge in [-0.3, -0.25) is 4.90 Å². The summed E-state index contributed by atoms with van der Waals surface area (Å²) in [6, 6.07) is 35.9. The van der Waals surface area contributed by atoms with Crippen molar-refractivity contribution in [3.05, 3.63) is 150 Å². The Morgan fingerprint density at radius 3 is 1.50 bits per heavy atom. The molecule has 0 aliphatic heterocycles. The van der Waals surface area contributed by atoms with E-state index in [1.165, 1.54) is 10.9 Å². The number of alkyl halides is 3. The normalized spacial score (nSPS) is 11.5. The van der Waals surface area contributed by atoms with Crippen molar-refractivity contribution >= 4 is 17.3 Å². The maximum Gasteiger partial charge on any atom is 0.435 e. The van der Waals surface area contributed by atoms with Gasteiger partial charge in [0, 0.05) is 23.5 Å². The van der Waals surface area contributed by atoms with Crippen molar-refractivity contribution in [3.63, 3.8) is 0 Å². The molecule has 0 N–H and O–H groups in total. The predicted octanol–water partition coefficient (Wildman–Crippen LogP) is 9.60. The number of anilines is 3. The van der Waals surface area contributed by atoms with E-state index < -0.39 is 11.9 Å². The van der Waals surface area contributed by atoms with Crippen LogP contribution in [0, 0.1) is 20.8 Å². The highest BCUT2D eigenvalue weighted by atomic mass is 19.4. The molecule has 10 heteroatoms. The average Bonchev–Trinajstić information content (AvgIpc) is 3.77. The van der Waals surface area contributed by atoms with Crippen LogP contribution in [0.1, 0.15) is 22.5 Å². The van der Waals surface area contributed by atoms with Crippen LogP contribution in [-0.4, -0.2) is 29.5 Å². The summed E-state index contributed by atoms with van der Waals surface area (Å²) in [4.78, 5) is 12.2. The van der Waals surface area contributed by atoms with Gasteiger partial charge in [0.05, 0.1) is 11.4 Å². The van der Waals surface area contributed by atoms with Gasteiger partial charge in [-0.25, -0.2) is 19.3 Å². The van der Waals surface area contributed by atoms with Crippen LogP contribution >= 0.6 is 0 Å². The van der Waals surface area contributed by atoms with Gasteiger partial charge in [0.15, 0.2) is 17.3 Å². The van der Waals surface area contributed by atoms with Gasteiger partial charge >= 0.3 is 6.18 Å². The summed E-state index contributed by atoms with van der Waals surface area (Å²) in [6.07, 6.45) is -1.44. The minimum atomic E-state index is -4.61. The molecule has 7 nitrogen and oxygen atoms in total. The third kappa shape index (κ3) is 5.84. The zero-order valence-corrected chi connectivity index (χ0v) is 26.4. The molecule has 4 aromatic heterocycles. The Morgan fingerprint density at radius 2 is 1.04 bits per heavy atom. The summed E-state index contributed by atoms with van der Waals surface area (Å²) in [5, 5.41) is 8.59. The zero-order chi connectivity index (χ0) is 33.4. The molecule has 0 aliphatic carbocycles. The molecule has 0 atom stereocenters. The molecule has 4 heterocycles. The van der Waals surface area contributed by atoms with Gasteiger partial charge in [-0.05, 0) is 79.4 Å². The van der Waals surface area contributed by atoms with Crippen molar-refractivity contribution in [2.45, 2.75) is 26.9 Å². The van der Waals surface area contributed by atoms with Crippen molar-refractivity contribution in [3.8, 4) is 33.9 Å². The third-order valence-electron chi connectivity index (χ3n) is 8.05. The van der Waals surface area contributed by atoms with Gasteiger partial charge < -0.3 is 0 Å². The first-order valence-electron chi connectivity index (χ1n) is 15.3. The monoisotopic (exact) mass is 641 g/mol. The van der Waals surface area contributed by atoms with E-state index in [1.807, 2.05) is 141 Å². The SMILES string of the molecule is Cc1ccn(-c2nc(N(c3ccc(-c4ccccc4)c(-n4ccc(C(F)(F)F)n4)n3)c3c(C)cccc3C)ccc2-c2ccccc2)n1. The Kier molecular flexibility index (Phi) is 7.84. The lowest BCUT2D eigenvalue weighted by molar-refractivity contribution is -0.141. The Bertz CT molecular complexity index is 2200. The van der Waals surface area contributed by atoms with E-state index in [0.717, 1.165) is 45.3 Å². The second kappa shape index (κ2) is 12.3. The number of aryl methyl sites for hydroxylation is 3. The van der Waals surface area contributed by atoms with Crippen LogP contribution in [0.2, 0.25) is 0 Å². The van der Waals surface area contributed by atoms with Crippen LogP contribution in [0.5, 0.6) is 0 Å². The lowest BCUT2D eigenvalue weighted by Gasteiger charge is -2.28. The summed E-state index contributed by atoms with van der Waals surface area (Å²) in [6.45, 7) is 5.94. The fourth-order valence-corrected chi connectivity index (χ4v) is 5.79. The first-order chi connectivity index (χ1) is 23.2. The molecule has 0 aliphatic rings. The first kappa shape index (κ1) is 30.6. The standard InChI is InChI=1S/C38H30F3N7/c1-25-11-10-12-26(2)35(25)48(33-19-17-30(28-13-6-4-7-14-28)36(42-33)46-23-21-27(3)44-46)34-20-18-31(29-15-8-5-9-16-29)37(43-34)47-24-22-32(45-47)38(39,40)41/h4-24H,1-3H3. The van der Waals surface area contributed by atoms with E-state index in [9.17, 15) is 13.2 Å². The van der Waals surface area contributed by atoms with E-state index in [0.29, 0.717) is 23.0 Å². The molecular formula is C38H30F3N7. The molecule has 0 unspecified atom stereocenters. The van der Waals surface area contributed by atoms with E-state index in [1.54, 1.807) is 4.68 Å². The lowest BCUT2D eigenvalue weighted by Crippen LogP contribution is -2.18. The van der Waals surface area contributed by atoms with Crippen molar-refractivity contribution in [2.75, 3.05) is 4.90 Å². The lowest BCUT2D eigenvalue weighted by atomic mass is 10.0. The molecule has 7 aromatic rings.